The third kappa shape index (κ3) is 4.23. The maximum Gasteiger partial charge on any atom is 0.323 e. The molecule has 2 aromatic heterocycles. The van der Waals surface area contributed by atoms with Crippen molar-refractivity contribution in [1.29, 1.82) is 0 Å². The van der Waals surface area contributed by atoms with Gasteiger partial charge in [-0.2, -0.15) is 0 Å². The third-order valence-corrected chi connectivity index (χ3v) is 3.42. The zero-order chi connectivity index (χ0) is 18.4. The van der Waals surface area contributed by atoms with Gasteiger partial charge in [0, 0.05) is 29.3 Å². The SMILES string of the molecule is CCOc1cnc(-c2ccc(NC(=O)Nc3ccncc3)cc2)nc1N. The van der Waals surface area contributed by atoms with Crippen LogP contribution in [0.15, 0.2) is 55.0 Å². The Morgan fingerprint density at radius 1 is 1.08 bits per heavy atom. The summed E-state index contributed by atoms with van der Waals surface area (Å²) in [6.07, 6.45) is 4.76. The van der Waals surface area contributed by atoms with Crippen LogP contribution >= 0.6 is 0 Å². The van der Waals surface area contributed by atoms with Gasteiger partial charge in [0.1, 0.15) is 0 Å². The Kier molecular flexibility index (Phi) is 5.23. The first-order valence-electron chi connectivity index (χ1n) is 7.99. The number of nitrogens with zero attached hydrogens (tertiary/aromatic N) is 3. The van der Waals surface area contributed by atoms with Crippen LogP contribution in [0.5, 0.6) is 5.75 Å². The van der Waals surface area contributed by atoms with Crippen molar-refractivity contribution in [3.05, 3.63) is 55.0 Å². The van der Waals surface area contributed by atoms with Gasteiger partial charge in [-0.15, -0.1) is 0 Å². The predicted molar refractivity (Wildman–Crippen MR) is 99.9 cm³/mol. The molecular weight excluding hydrogens is 332 g/mol. The zero-order valence-corrected chi connectivity index (χ0v) is 14.1. The van der Waals surface area contributed by atoms with Crippen molar-refractivity contribution < 1.29 is 9.53 Å². The molecule has 0 fully saturated rings. The average Bonchev–Trinajstić information content (AvgIpc) is 2.65. The molecule has 0 saturated carbocycles. The first-order valence-corrected chi connectivity index (χ1v) is 7.99. The van der Waals surface area contributed by atoms with Gasteiger partial charge in [-0.3, -0.25) is 4.98 Å². The summed E-state index contributed by atoms with van der Waals surface area (Å²) in [5, 5.41) is 5.47. The highest BCUT2D eigenvalue weighted by Crippen LogP contribution is 2.23. The monoisotopic (exact) mass is 350 g/mol. The second-order valence-electron chi connectivity index (χ2n) is 5.27. The van der Waals surface area contributed by atoms with Crippen molar-refractivity contribution in [3.63, 3.8) is 0 Å². The summed E-state index contributed by atoms with van der Waals surface area (Å²) in [5.41, 5.74) is 7.94. The van der Waals surface area contributed by atoms with Crippen LogP contribution in [0.1, 0.15) is 6.92 Å². The standard InChI is InChI=1S/C18H18N6O2/c1-2-26-15-11-21-17(24-16(15)19)12-3-5-13(6-4-12)22-18(25)23-14-7-9-20-10-8-14/h3-11H,2H2,1H3,(H2,19,21,24)(H2,20,22,23,25). The minimum absolute atomic E-state index is 0.288. The number of ether oxygens (including phenoxy) is 1. The van der Waals surface area contributed by atoms with Gasteiger partial charge >= 0.3 is 6.03 Å². The van der Waals surface area contributed by atoms with E-state index in [2.05, 4.69) is 25.6 Å². The van der Waals surface area contributed by atoms with Gasteiger partial charge in [0.25, 0.3) is 0 Å². The van der Waals surface area contributed by atoms with Crippen LogP contribution in [0.3, 0.4) is 0 Å². The fourth-order valence-corrected chi connectivity index (χ4v) is 2.22. The predicted octanol–water partition coefficient (Wildman–Crippen LogP) is 3.16. The number of carbonyl (C=O) groups is 1. The molecule has 0 radical (unpaired) electrons. The summed E-state index contributed by atoms with van der Waals surface area (Å²) in [7, 11) is 0. The number of nitrogen functional groups attached to an aromatic ring is 1. The summed E-state index contributed by atoms with van der Waals surface area (Å²) in [6.45, 7) is 2.36. The Bertz CT molecular complexity index is 884. The van der Waals surface area contributed by atoms with Crippen LogP contribution in [0, 0.1) is 0 Å². The number of amides is 2. The van der Waals surface area contributed by atoms with Gasteiger partial charge in [0.2, 0.25) is 0 Å². The molecule has 2 amide bonds. The van der Waals surface area contributed by atoms with Gasteiger partial charge in [0.15, 0.2) is 17.4 Å². The molecule has 26 heavy (non-hydrogen) atoms. The van der Waals surface area contributed by atoms with Crippen molar-refractivity contribution in [3.8, 4) is 17.1 Å². The van der Waals surface area contributed by atoms with E-state index < -0.39 is 0 Å². The van der Waals surface area contributed by atoms with E-state index in [-0.39, 0.29) is 11.8 Å². The molecule has 0 aliphatic rings. The topological polar surface area (TPSA) is 115 Å². The van der Waals surface area contributed by atoms with Crippen LogP contribution in [0.4, 0.5) is 22.0 Å². The lowest BCUT2D eigenvalue weighted by Crippen LogP contribution is -2.19. The third-order valence-electron chi connectivity index (χ3n) is 3.42. The number of hydrogen-bond donors (Lipinski definition) is 3. The van der Waals surface area contributed by atoms with E-state index >= 15 is 0 Å². The molecule has 2 heterocycles. The minimum Gasteiger partial charge on any atom is -0.488 e. The number of rotatable bonds is 5. The number of hydrogen-bond acceptors (Lipinski definition) is 6. The van der Waals surface area contributed by atoms with Gasteiger partial charge in [-0.25, -0.2) is 14.8 Å². The van der Waals surface area contributed by atoms with Gasteiger partial charge in [-0.05, 0) is 43.3 Å². The van der Waals surface area contributed by atoms with E-state index in [1.165, 1.54) is 0 Å². The molecule has 4 N–H and O–H groups in total. The van der Waals surface area contributed by atoms with E-state index in [1.807, 2.05) is 6.92 Å². The van der Waals surface area contributed by atoms with Gasteiger partial charge in [-0.1, -0.05) is 0 Å². The van der Waals surface area contributed by atoms with Crippen LogP contribution in [0.25, 0.3) is 11.4 Å². The number of nitrogens with one attached hydrogen (secondary N) is 2. The lowest BCUT2D eigenvalue weighted by molar-refractivity contribution is 0.262. The van der Waals surface area contributed by atoms with Crippen LogP contribution < -0.4 is 21.1 Å². The molecule has 0 aliphatic carbocycles. The van der Waals surface area contributed by atoms with Crippen LogP contribution in [-0.2, 0) is 0 Å². The molecular formula is C18H18N6O2. The Labute approximate surface area is 150 Å². The summed E-state index contributed by atoms with van der Waals surface area (Å²) < 4.78 is 5.33. The Hall–Kier alpha value is -3.68. The van der Waals surface area contributed by atoms with Crippen molar-refractivity contribution >= 4 is 23.2 Å². The Morgan fingerprint density at radius 2 is 1.73 bits per heavy atom. The van der Waals surface area contributed by atoms with Gasteiger partial charge < -0.3 is 21.1 Å². The van der Waals surface area contributed by atoms with Crippen LogP contribution in [0.2, 0.25) is 0 Å². The second kappa shape index (κ2) is 7.93. The molecule has 0 spiro atoms. The average molecular weight is 350 g/mol. The Balaban J connectivity index is 1.66. The highest BCUT2D eigenvalue weighted by molar-refractivity contribution is 5.99. The van der Waals surface area contributed by atoms with Crippen molar-refractivity contribution in [1.82, 2.24) is 15.0 Å². The summed E-state index contributed by atoms with van der Waals surface area (Å²) >= 11 is 0. The maximum absolute atomic E-state index is 12.0. The summed E-state index contributed by atoms with van der Waals surface area (Å²) in [6, 6.07) is 10.2. The summed E-state index contributed by atoms with van der Waals surface area (Å²) in [5.74, 6) is 1.23. The highest BCUT2D eigenvalue weighted by atomic mass is 16.5. The van der Waals surface area contributed by atoms with E-state index in [4.69, 9.17) is 10.5 Å². The van der Waals surface area contributed by atoms with E-state index in [0.717, 1.165) is 5.56 Å². The van der Waals surface area contributed by atoms with Crippen molar-refractivity contribution in [2.75, 3.05) is 23.0 Å². The molecule has 0 saturated heterocycles. The molecule has 0 atom stereocenters. The largest absolute Gasteiger partial charge is 0.488 e. The molecule has 0 bridgehead atoms. The molecule has 132 valence electrons. The highest BCUT2D eigenvalue weighted by Gasteiger charge is 2.08. The molecule has 8 nitrogen and oxygen atoms in total. The smallest absolute Gasteiger partial charge is 0.323 e. The zero-order valence-electron chi connectivity index (χ0n) is 14.1. The number of benzene rings is 1. The number of nitrogens with two attached hydrogens (primary N) is 1. The van der Waals surface area contributed by atoms with Crippen molar-refractivity contribution in [2.24, 2.45) is 0 Å². The minimum atomic E-state index is -0.342. The number of anilines is 3. The first kappa shape index (κ1) is 17.2. The van der Waals surface area contributed by atoms with Gasteiger partial charge in [0.05, 0.1) is 12.8 Å². The molecule has 1 aromatic carbocycles. The molecule has 8 heteroatoms. The quantitative estimate of drug-likeness (QED) is 0.651. The molecule has 0 unspecified atom stereocenters. The number of aromatic nitrogens is 3. The first-order chi connectivity index (χ1) is 12.7. The summed E-state index contributed by atoms with van der Waals surface area (Å²) in [4.78, 5) is 24.4. The normalized spacial score (nSPS) is 10.2. The number of pyridine rings is 1. The van der Waals surface area contributed by atoms with E-state index in [1.54, 1.807) is 55.0 Å². The molecule has 3 rings (SSSR count). The Morgan fingerprint density at radius 3 is 2.35 bits per heavy atom. The fraction of sp³-hybridized carbons (Fsp3) is 0.111. The number of carbonyl (C=O) groups excluding carboxylic acids is 1. The van der Waals surface area contributed by atoms with Crippen molar-refractivity contribution in [2.45, 2.75) is 6.92 Å². The second-order valence-corrected chi connectivity index (χ2v) is 5.27. The molecule has 3 aromatic rings. The number of urea groups is 1. The fourth-order valence-electron chi connectivity index (χ4n) is 2.22. The lowest BCUT2D eigenvalue weighted by atomic mass is 10.2. The molecule has 0 aliphatic heterocycles. The maximum atomic E-state index is 12.0. The van der Waals surface area contributed by atoms with Crippen LogP contribution in [-0.4, -0.2) is 27.6 Å². The van der Waals surface area contributed by atoms with E-state index in [9.17, 15) is 4.79 Å². The lowest BCUT2D eigenvalue weighted by Gasteiger charge is -2.09. The van der Waals surface area contributed by atoms with E-state index in [0.29, 0.717) is 29.6 Å².